The van der Waals surface area contributed by atoms with E-state index in [2.05, 4.69) is 4.98 Å². The maximum absolute atomic E-state index is 5.78. The SMILES string of the molecule is COc1cc2ccncc2cc1OCCOc1ccccc1. The highest BCUT2D eigenvalue weighted by Gasteiger charge is 2.07. The Labute approximate surface area is 129 Å². The van der Waals surface area contributed by atoms with E-state index in [1.54, 1.807) is 13.3 Å². The number of methoxy groups -OCH3 is 1. The van der Waals surface area contributed by atoms with Gasteiger partial charge in [0.2, 0.25) is 0 Å². The van der Waals surface area contributed by atoms with Crippen molar-refractivity contribution in [2.45, 2.75) is 0 Å². The van der Waals surface area contributed by atoms with Crippen LogP contribution in [0.1, 0.15) is 0 Å². The number of ether oxygens (including phenoxy) is 3. The summed E-state index contributed by atoms with van der Waals surface area (Å²) in [6.07, 6.45) is 3.57. The smallest absolute Gasteiger partial charge is 0.162 e. The Morgan fingerprint density at radius 3 is 2.45 bits per heavy atom. The minimum absolute atomic E-state index is 0.441. The Morgan fingerprint density at radius 2 is 1.64 bits per heavy atom. The summed E-state index contributed by atoms with van der Waals surface area (Å²) in [7, 11) is 1.63. The molecule has 1 aromatic heterocycles. The first kappa shape index (κ1) is 14.2. The highest BCUT2D eigenvalue weighted by atomic mass is 16.5. The second-order valence-corrected chi connectivity index (χ2v) is 4.74. The molecular weight excluding hydrogens is 278 g/mol. The van der Waals surface area contributed by atoms with Gasteiger partial charge in [0.1, 0.15) is 19.0 Å². The van der Waals surface area contributed by atoms with Crippen LogP contribution in [0.25, 0.3) is 10.8 Å². The van der Waals surface area contributed by atoms with Gasteiger partial charge in [-0.2, -0.15) is 0 Å². The summed E-state index contributed by atoms with van der Waals surface area (Å²) in [5.41, 5.74) is 0. The molecule has 0 N–H and O–H groups in total. The number of hydrogen-bond acceptors (Lipinski definition) is 4. The van der Waals surface area contributed by atoms with Crippen molar-refractivity contribution in [2.75, 3.05) is 20.3 Å². The topological polar surface area (TPSA) is 40.6 Å². The van der Waals surface area contributed by atoms with Crippen molar-refractivity contribution in [3.8, 4) is 17.2 Å². The van der Waals surface area contributed by atoms with Crippen LogP contribution >= 0.6 is 0 Å². The summed E-state index contributed by atoms with van der Waals surface area (Å²) in [4.78, 5) is 4.12. The van der Waals surface area contributed by atoms with Crippen molar-refractivity contribution in [2.24, 2.45) is 0 Å². The van der Waals surface area contributed by atoms with E-state index >= 15 is 0 Å². The highest BCUT2D eigenvalue weighted by Crippen LogP contribution is 2.31. The van der Waals surface area contributed by atoms with E-state index in [0.29, 0.717) is 24.7 Å². The molecule has 3 rings (SSSR count). The Balaban J connectivity index is 1.65. The Kier molecular flexibility index (Phi) is 4.39. The number of nitrogens with zero attached hydrogens (tertiary/aromatic N) is 1. The molecule has 4 nitrogen and oxygen atoms in total. The Hall–Kier alpha value is -2.75. The minimum Gasteiger partial charge on any atom is -0.493 e. The molecule has 112 valence electrons. The van der Waals surface area contributed by atoms with Crippen molar-refractivity contribution in [3.63, 3.8) is 0 Å². The molecule has 0 aliphatic heterocycles. The average Bonchev–Trinajstić information content (AvgIpc) is 2.59. The fourth-order valence-corrected chi connectivity index (χ4v) is 2.19. The molecule has 2 aromatic carbocycles. The second-order valence-electron chi connectivity index (χ2n) is 4.74. The fraction of sp³-hybridized carbons (Fsp3) is 0.167. The summed E-state index contributed by atoms with van der Waals surface area (Å²) >= 11 is 0. The van der Waals surface area contributed by atoms with Crippen molar-refractivity contribution in [3.05, 3.63) is 60.9 Å². The number of aromatic nitrogens is 1. The van der Waals surface area contributed by atoms with Crippen LogP contribution in [0.3, 0.4) is 0 Å². The molecule has 0 aliphatic carbocycles. The maximum Gasteiger partial charge on any atom is 0.162 e. The number of pyridine rings is 1. The molecule has 0 amide bonds. The predicted molar refractivity (Wildman–Crippen MR) is 85.7 cm³/mol. The lowest BCUT2D eigenvalue weighted by Crippen LogP contribution is -2.09. The van der Waals surface area contributed by atoms with Gasteiger partial charge < -0.3 is 14.2 Å². The molecule has 0 aliphatic rings. The first-order valence-electron chi connectivity index (χ1n) is 7.09. The quantitative estimate of drug-likeness (QED) is 0.650. The molecule has 0 bridgehead atoms. The van der Waals surface area contributed by atoms with Crippen LogP contribution in [0, 0.1) is 0 Å². The van der Waals surface area contributed by atoms with Gasteiger partial charge in [-0.15, -0.1) is 0 Å². The lowest BCUT2D eigenvalue weighted by atomic mass is 10.1. The van der Waals surface area contributed by atoms with Gasteiger partial charge in [0.25, 0.3) is 0 Å². The van der Waals surface area contributed by atoms with Gasteiger partial charge in [0.15, 0.2) is 11.5 Å². The first-order chi connectivity index (χ1) is 10.9. The zero-order valence-electron chi connectivity index (χ0n) is 12.4. The number of rotatable bonds is 6. The summed E-state index contributed by atoms with van der Waals surface area (Å²) in [5.74, 6) is 2.24. The molecule has 0 unspecified atom stereocenters. The van der Waals surface area contributed by atoms with E-state index < -0.39 is 0 Å². The summed E-state index contributed by atoms with van der Waals surface area (Å²) in [6, 6.07) is 15.5. The van der Waals surface area contributed by atoms with Gasteiger partial charge in [-0.05, 0) is 35.7 Å². The molecular formula is C18H17NO3. The van der Waals surface area contributed by atoms with Gasteiger partial charge in [0.05, 0.1) is 7.11 Å². The van der Waals surface area contributed by atoms with Crippen molar-refractivity contribution < 1.29 is 14.2 Å². The predicted octanol–water partition coefficient (Wildman–Crippen LogP) is 3.70. The van der Waals surface area contributed by atoms with Gasteiger partial charge >= 0.3 is 0 Å². The Morgan fingerprint density at radius 1 is 0.864 bits per heavy atom. The van der Waals surface area contributed by atoms with Crippen LogP contribution in [-0.4, -0.2) is 25.3 Å². The van der Waals surface area contributed by atoms with Crippen LogP contribution in [0.2, 0.25) is 0 Å². The summed E-state index contributed by atoms with van der Waals surface area (Å²) < 4.78 is 16.8. The van der Waals surface area contributed by atoms with Gasteiger partial charge in [-0.1, -0.05) is 18.2 Å². The molecule has 0 saturated heterocycles. The molecule has 1 heterocycles. The highest BCUT2D eigenvalue weighted by molar-refractivity contribution is 5.85. The Bertz CT molecular complexity index is 744. The first-order valence-corrected chi connectivity index (χ1v) is 7.09. The van der Waals surface area contributed by atoms with E-state index in [-0.39, 0.29) is 0 Å². The van der Waals surface area contributed by atoms with Crippen LogP contribution < -0.4 is 14.2 Å². The molecule has 0 atom stereocenters. The molecule has 0 saturated carbocycles. The van der Waals surface area contributed by atoms with Gasteiger partial charge in [-0.25, -0.2) is 0 Å². The standard InChI is InChI=1S/C18H17NO3/c1-20-17-11-14-7-8-19-13-15(14)12-18(17)22-10-9-21-16-5-3-2-4-6-16/h2-8,11-13H,9-10H2,1H3. The number of benzene rings is 2. The molecule has 0 fully saturated rings. The van der Waals surface area contributed by atoms with E-state index in [1.165, 1.54) is 0 Å². The third-order valence-corrected chi connectivity index (χ3v) is 3.28. The fourth-order valence-electron chi connectivity index (χ4n) is 2.19. The van der Waals surface area contributed by atoms with E-state index in [1.807, 2.05) is 54.7 Å². The van der Waals surface area contributed by atoms with Crippen LogP contribution in [0.15, 0.2) is 60.9 Å². The zero-order valence-corrected chi connectivity index (χ0v) is 12.4. The van der Waals surface area contributed by atoms with Crippen molar-refractivity contribution >= 4 is 10.8 Å². The van der Waals surface area contributed by atoms with E-state index in [0.717, 1.165) is 16.5 Å². The molecule has 3 aromatic rings. The third-order valence-electron chi connectivity index (χ3n) is 3.28. The monoisotopic (exact) mass is 295 g/mol. The van der Waals surface area contributed by atoms with Crippen molar-refractivity contribution in [1.82, 2.24) is 4.98 Å². The largest absolute Gasteiger partial charge is 0.493 e. The van der Waals surface area contributed by atoms with Gasteiger partial charge in [0, 0.05) is 17.8 Å². The molecule has 4 heteroatoms. The number of hydrogen-bond donors (Lipinski definition) is 0. The van der Waals surface area contributed by atoms with Gasteiger partial charge in [-0.3, -0.25) is 4.98 Å². The summed E-state index contributed by atoms with van der Waals surface area (Å²) in [6.45, 7) is 0.912. The average molecular weight is 295 g/mol. The lowest BCUT2D eigenvalue weighted by Gasteiger charge is -2.12. The van der Waals surface area contributed by atoms with Crippen LogP contribution in [-0.2, 0) is 0 Å². The van der Waals surface area contributed by atoms with Crippen LogP contribution in [0.5, 0.6) is 17.2 Å². The number of para-hydroxylation sites is 1. The molecule has 22 heavy (non-hydrogen) atoms. The normalized spacial score (nSPS) is 10.4. The van der Waals surface area contributed by atoms with Crippen LogP contribution in [0.4, 0.5) is 0 Å². The lowest BCUT2D eigenvalue weighted by molar-refractivity contribution is 0.211. The van der Waals surface area contributed by atoms with E-state index in [9.17, 15) is 0 Å². The minimum atomic E-state index is 0.441. The van der Waals surface area contributed by atoms with E-state index in [4.69, 9.17) is 14.2 Å². The summed E-state index contributed by atoms with van der Waals surface area (Å²) in [5, 5.41) is 2.09. The third kappa shape index (κ3) is 3.28. The molecule has 0 spiro atoms. The van der Waals surface area contributed by atoms with Crippen molar-refractivity contribution in [1.29, 1.82) is 0 Å². The number of fused-ring (bicyclic) bond motifs is 1. The zero-order chi connectivity index (χ0) is 15.2. The molecule has 0 radical (unpaired) electrons. The second kappa shape index (κ2) is 6.80. The maximum atomic E-state index is 5.78.